The topological polar surface area (TPSA) is 67.0 Å². The van der Waals surface area contributed by atoms with Gasteiger partial charge in [0.15, 0.2) is 0 Å². The van der Waals surface area contributed by atoms with Gasteiger partial charge in [0.1, 0.15) is 5.75 Å². The number of nitrogens with one attached hydrogen (secondary N) is 2. The van der Waals surface area contributed by atoms with Crippen molar-refractivity contribution in [3.05, 3.63) is 36.2 Å². The molecule has 0 bridgehead atoms. The lowest BCUT2D eigenvalue weighted by Crippen LogP contribution is -2.21. The molecule has 0 saturated carbocycles. The molecule has 0 fully saturated rings. The molecule has 2 N–H and O–H groups in total. The second-order valence-corrected chi connectivity index (χ2v) is 4.29. The Labute approximate surface area is 109 Å². The average Bonchev–Trinajstić information content (AvgIpc) is 2.78. The van der Waals surface area contributed by atoms with Crippen molar-refractivity contribution < 1.29 is 9.53 Å². The standard InChI is InChI=1S/C14H13N3O2/c1-8-13-11(5-6-16-8)10-4-3-9(7-12(10)17-13)19-14(18)15-2/h3-7,17H,1-2H3,(H,15,18). The summed E-state index contributed by atoms with van der Waals surface area (Å²) in [5, 5.41) is 4.62. The van der Waals surface area contributed by atoms with Crippen LogP contribution >= 0.6 is 0 Å². The summed E-state index contributed by atoms with van der Waals surface area (Å²) in [7, 11) is 1.53. The number of aryl methyl sites for hydroxylation is 1. The van der Waals surface area contributed by atoms with E-state index < -0.39 is 6.09 Å². The first-order chi connectivity index (χ1) is 9.19. The number of H-pyrrole nitrogens is 1. The van der Waals surface area contributed by atoms with Crippen LogP contribution in [0.5, 0.6) is 5.75 Å². The highest BCUT2D eigenvalue weighted by atomic mass is 16.5. The number of ether oxygens (including phenoxy) is 1. The lowest BCUT2D eigenvalue weighted by Gasteiger charge is -2.02. The highest BCUT2D eigenvalue weighted by Crippen LogP contribution is 2.29. The van der Waals surface area contributed by atoms with E-state index in [4.69, 9.17) is 4.74 Å². The zero-order valence-corrected chi connectivity index (χ0v) is 10.7. The molecular weight excluding hydrogens is 242 g/mol. The first kappa shape index (κ1) is 11.5. The number of carbonyl (C=O) groups excluding carboxylic acids is 1. The SMILES string of the molecule is CNC(=O)Oc1ccc2c(c1)[nH]c1c(C)nccc12. The van der Waals surface area contributed by atoms with Crippen molar-refractivity contribution in [2.45, 2.75) is 6.92 Å². The normalized spacial score (nSPS) is 10.8. The second kappa shape index (κ2) is 4.28. The van der Waals surface area contributed by atoms with E-state index in [1.54, 1.807) is 12.3 Å². The van der Waals surface area contributed by atoms with Gasteiger partial charge in [-0.15, -0.1) is 0 Å². The van der Waals surface area contributed by atoms with Gasteiger partial charge in [0.2, 0.25) is 0 Å². The first-order valence-electron chi connectivity index (χ1n) is 5.95. The third-order valence-electron chi connectivity index (χ3n) is 3.10. The molecule has 96 valence electrons. The smallest absolute Gasteiger partial charge is 0.410 e. The molecule has 2 heterocycles. The number of rotatable bonds is 1. The minimum atomic E-state index is -0.478. The molecule has 0 unspecified atom stereocenters. The van der Waals surface area contributed by atoms with Crippen molar-refractivity contribution in [3.63, 3.8) is 0 Å². The van der Waals surface area contributed by atoms with Crippen molar-refractivity contribution >= 4 is 27.9 Å². The Morgan fingerprint density at radius 2 is 2.16 bits per heavy atom. The molecule has 0 radical (unpaired) electrons. The van der Waals surface area contributed by atoms with Gasteiger partial charge < -0.3 is 15.0 Å². The number of amides is 1. The molecule has 5 heteroatoms. The van der Waals surface area contributed by atoms with Crippen LogP contribution in [0.1, 0.15) is 5.69 Å². The molecular formula is C14H13N3O2. The molecule has 3 rings (SSSR count). The summed E-state index contributed by atoms with van der Waals surface area (Å²) in [6, 6.07) is 7.50. The Morgan fingerprint density at radius 1 is 1.32 bits per heavy atom. The number of fused-ring (bicyclic) bond motifs is 3. The van der Waals surface area contributed by atoms with Gasteiger partial charge in [-0.05, 0) is 25.1 Å². The summed E-state index contributed by atoms with van der Waals surface area (Å²) in [6.07, 6.45) is 1.31. The largest absolute Gasteiger partial charge is 0.412 e. The molecule has 0 aliphatic heterocycles. The highest BCUT2D eigenvalue weighted by Gasteiger charge is 2.08. The van der Waals surface area contributed by atoms with Crippen LogP contribution in [0.4, 0.5) is 4.79 Å². The van der Waals surface area contributed by atoms with E-state index in [2.05, 4.69) is 15.3 Å². The fourth-order valence-corrected chi connectivity index (χ4v) is 2.17. The van der Waals surface area contributed by atoms with E-state index in [-0.39, 0.29) is 0 Å². The van der Waals surface area contributed by atoms with E-state index in [9.17, 15) is 4.79 Å². The summed E-state index contributed by atoms with van der Waals surface area (Å²) < 4.78 is 5.11. The predicted octanol–water partition coefficient (Wildman–Crippen LogP) is 2.74. The summed E-state index contributed by atoms with van der Waals surface area (Å²) >= 11 is 0. The third kappa shape index (κ3) is 1.89. The van der Waals surface area contributed by atoms with Crippen LogP contribution in [0.3, 0.4) is 0 Å². The maximum absolute atomic E-state index is 11.2. The van der Waals surface area contributed by atoms with Gasteiger partial charge in [0.05, 0.1) is 16.7 Å². The molecule has 19 heavy (non-hydrogen) atoms. The van der Waals surface area contributed by atoms with Crippen molar-refractivity contribution in [1.29, 1.82) is 0 Å². The van der Waals surface area contributed by atoms with Crippen LogP contribution in [0.2, 0.25) is 0 Å². The third-order valence-corrected chi connectivity index (χ3v) is 3.10. The molecule has 3 aromatic rings. The van der Waals surface area contributed by atoms with Gasteiger partial charge in [0, 0.05) is 30.1 Å². The lowest BCUT2D eigenvalue weighted by molar-refractivity contribution is 0.203. The Balaban J connectivity index is 2.16. The average molecular weight is 255 g/mol. The van der Waals surface area contributed by atoms with Gasteiger partial charge >= 0.3 is 6.09 Å². The van der Waals surface area contributed by atoms with Crippen LogP contribution in [0, 0.1) is 6.92 Å². The van der Waals surface area contributed by atoms with Crippen LogP contribution in [-0.2, 0) is 0 Å². The van der Waals surface area contributed by atoms with Gasteiger partial charge in [0.25, 0.3) is 0 Å². The van der Waals surface area contributed by atoms with Gasteiger partial charge in [-0.25, -0.2) is 4.79 Å². The quantitative estimate of drug-likeness (QED) is 0.702. The van der Waals surface area contributed by atoms with Gasteiger partial charge in [-0.2, -0.15) is 0 Å². The maximum atomic E-state index is 11.2. The zero-order chi connectivity index (χ0) is 13.4. The number of benzene rings is 1. The summed E-state index contributed by atoms with van der Waals surface area (Å²) in [4.78, 5) is 18.8. The Morgan fingerprint density at radius 3 is 2.95 bits per heavy atom. The maximum Gasteiger partial charge on any atom is 0.412 e. The predicted molar refractivity (Wildman–Crippen MR) is 73.4 cm³/mol. The van der Waals surface area contributed by atoms with Crippen molar-refractivity contribution in [2.75, 3.05) is 7.05 Å². The minimum Gasteiger partial charge on any atom is -0.410 e. The first-order valence-corrected chi connectivity index (χ1v) is 5.95. The number of carbonyl (C=O) groups is 1. The van der Waals surface area contributed by atoms with Crippen LogP contribution in [-0.4, -0.2) is 23.1 Å². The molecule has 0 atom stereocenters. The molecule has 2 aromatic heterocycles. The van der Waals surface area contributed by atoms with Crippen LogP contribution < -0.4 is 10.1 Å². The van der Waals surface area contributed by atoms with E-state index in [1.165, 1.54) is 7.05 Å². The van der Waals surface area contributed by atoms with Gasteiger partial charge in [-0.3, -0.25) is 4.98 Å². The highest BCUT2D eigenvalue weighted by molar-refractivity contribution is 6.08. The molecule has 0 spiro atoms. The fraction of sp³-hybridized carbons (Fsp3) is 0.143. The van der Waals surface area contributed by atoms with Crippen molar-refractivity contribution in [3.8, 4) is 5.75 Å². The molecule has 1 aromatic carbocycles. The van der Waals surface area contributed by atoms with Crippen molar-refractivity contribution in [1.82, 2.24) is 15.3 Å². The molecule has 0 saturated heterocycles. The fourth-order valence-electron chi connectivity index (χ4n) is 2.17. The number of pyridine rings is 1. The van der Waals surface area contributed by atoms with Gasteiger partial charge in [-0.1, -0.05) is 0 Å². The molecule has 0 aliphatic carbocycles. The minimum absolute atomic E-state index is 0.478. The van der Waals surface area contributed by atoms with E-state index >= 15 is 0 Å². The molecule has 1 amide bonds. The zero-order valence-electron chi connectivity index (χ0n) is 10.7. The summed E-state index contributed by atoms with van der Waals surface area (Å²) in [5.74, 6) is 0.504. The Kier molecular flexibility index (Phi) is 2.59. The number of hydrogen-bond acceptors (Lipinski definition) is 3. The van der Waals surface area contributed by atoms with Crippen LogP contribution in [0.15, 0.2) is 30.5 Å². The van der Waals surface area contributed by atoms with Crippen molar-refractivity contribution in [2.24, 2.45) is 0 Å². The molecule has 0 aliphatic rings. The monoisotopic (exact) mass is 255 g/mol. The number of aromatic nitrogens is 2. The number of aromatic amines is 1. The second-order valence-electron chi connectivity index (χ2n) is 4.29. The van der Waals surface area contributed by atoms with E-state index in [0.717, 1.165) is 27.5 Å². The number of nitrogens with zero attached hydrogens (tertiary/aromatic N) is 1. The number of hydrogen-bond donors (Lipinski definition) is 2. The Bertz CT molecular complexity index is 777. The summed E-state index contributed by atoms with van der Waals surface area (Å²) in [6.45, 7) is 1.96. The summed E-state index contributed by atoms with van der Waals surface area (Å²) in [5.41, 5.74) is 2.88. The Hall–Kier alpha value is -2.56. The van der Waals surface area contributed by atoms with E-state index in [0.29, 0.717) is 5.75 Å². The van der Waals surface area contributed by atoms with Crippen LogP contribution in [0.25, 0.3) is 21.8 Å². The van der Waals surface area contributed by atoms with E-state index in [1.807, 2.05) is 25.1 Å². The molecule has 5 nitrogen and oxygen atoms in total. The lowest BCUT2D eigenvalue weighted by atomic mass is 10.1.